The topological polar surface area (TPSA) is 20.3 Å². The number of halogens is 1. The second-order valence-electron chi connectivity index (χ2n) is 4.86. The summed E-state index contributed by atoms with van der Waals surface area (Å²) in [6.45, 7) is 0.614. The minimum Gasteiger partial charge on any atom is -0.341 e. The highest BCUT2D eigenvalue weighted by Crippen LogP contribution is 2.08. The van der Waals surface area contributed by atoms with E-state index in [1.165, 1.54) is 12.1 Å². The summed E-state index contributed by atoms with van der Waals surface area (Å²) in [5, 5.41) is 0. The molecule has 0 heterocycles. The predicted molar refractivity (Wildman–Crippen MR) is 77.6 cm³/mol. The van der Waals surface area contributed by atoms with Gasteiger partial charge in [-0.15, -0.1) is 0 Å². The van der Waals surface area contributed by atoms with Crippen molar-refractivity contribution in [2.45, 2.75) is 19.4 Å². The molecule has 0 saturated carbocycles. The minimum atomic E-state index is -0.249. The fourth-order valence-electron chi connectivity index (χ4n) is 2.04. The molecule has 104 valence electrons. The van der Waals surface area contributed by atoms with Crippen LogP contribution in [0.2, 0.25) is 0 Å². The molecule has 0 radical (unpaired) electrons. The van der Waals surface area contributed by atoms with Crippen LogP contribution in [-0.4, -0.2) is 17.9 Å². The van der Waals surface area contributed by atoms with E-state index < -0.39 is 0 Å². The van der Waals surface area contributed by atoms with Crippen LogP contribution in [0.4, 0.5) is 4.39 Å². The number of rotatable bonds is 5. The van der Waals surface area contributed by atoms with E-state index in [-0.39, 0.29) is 11.7 Å². The summed E-state index contributed by atoms with van der Waals surface area (Å²) in [6.07, 6.45) is 1.08. The van der Waals surface area contributed by atoms with Crippen LogP contribution in [0.1, 0.15) is 17.5 Å². The van der Waals surface area contributed by atoms with Crippen molar-refractivity contribution in [1.29, 1.82) is 0 Å². The summed E-state index contributed by atoms with van der Waals surface area (Å²) in [6, 6.07) is 16.2. The molecule has 0 saturated heterocycles. The van der Waals surface area contributed by atoms with Gasteiger partial charge in [0.2, 0.25) is 5.91 Å². The SMILES string of the molecule is CN(Cc1ccccc1)C(=O)CCc1ccc(F)cc1. The lowest BCUT2D eigenvalue weighted by molar-refractivity contribution is -0.130. The van der Waals surface area contributed by atoms with Gasteiger partial charge in [0.05, 0.1) is 0 Å². The van der Waals surface area contributed by atoms with Crippen LogP contribution >= 0.6 is 0 Å². The van der Waals surface area contributed by atoms with Crippen molar-refractivity contribution < 1.29 is 9.18 Å². The van der Waals surface area contributed by atoms with Gasteiger partial charge in [0.25, 0.3) is 0 Å². The summed E-state index contributed by atoms with van der Waals surface area (Å²) in [5.74, 6) is -0.153. The van der Waals surface area contributed by atoms with Crippen LogP contribution in [0.5, 0.6) is 0 Å². The monoisotopic (exact) mass is 271 g/mol. The largest absolute Gasteiger partial charge is 0.341 e. The molecule has 0 unspecified atom stereocenters. The first-order valence-corrected chi connectivity index (χ1v) is 6.67. The number of hydrogen-bond acceptors (Lipinski definition) is 1. The highest BCUT2D eigenvalue weighted by Gasteiger charge is 2.09. The van der Waals surface area contributed by atoms with Gasteiger partial charge < -0.3 is 4.90 Å². The molecule has 2 nitrogen and oxygen atoms in total. The number of amides is 1. The second-order valence-corrected chi connectivity index (χ2v) is 4.86. The standard InChI is InChI=1S/C17H18FNO/c1-19(13-15-5-3-2-4-6-15)17(20)12-9-14-7-10-16(18)11-8-14/h2-8,10-11H,9,12-13H2,1H3. The Balaban J connectivity index is 1.83. The Hall–Kier alpha value is -2.16. The summed E-state index contributed by atoms with van der Waals surface area (Å²) < 4.78 is 12.8. The van der Waals surface area contributed by atoms with Gasteiger partial charge in [-0.05, 0) is 29.7 Å². The first-order valence-electron chi connectivity index (χ1n) is 6.67. The average Bonchev–Trinajstić information content (AvgIpc) is 2.47. The average molecular weight is 271 g/mol. The van der Waals surface area contributed by atoms with E-state index in [1.54, 1.807) is 24.1 Å². The van der Waals surface area contributed by atoms with E-state index >= 15 is 0 Å². The van der Waals surface area contributed by atoms with Crippen LogP contribution in [-0.2, 0) is 17.8 Å². The molecule has 0 aliphatic rings. The van der Waals surface area contributed by atoms with Crippen LogP contribution < -0.4 is 0 Å². The zero-order chi connectivity index (χ0) is 14.4. The Morgan fingerprint density at radius 2 is 1.65 bits per heavy atom. The van der Waals surface area contributed by atoms with Gasteiger partial charge in [0.1, 0.15) is 5.82 Å². The quantitative estimate of drug-likeness (QED) is 0.816. The molecule has 2 aromatic carbocycles. The van der Waals surface area contributed by atoms with E-state index in [4.69, 9.17) is 0 Å². The highest BCUT2D eigenvalue weighted by molar-refractivity contribution is 5.76. The first kappa shape index (κ1) is 14.3. The van der Waals surface area contributed by atoms with Crippen molar-refractivity contribution in [3.05, 3.63) is 71.5 Å². The molecular formula is C17H18FNO. The molecule has 20 heavy (non-hydrogen) atoms. The van der Waals surface area contributed by atoms with Crippen LogP contribution in [0.15, 0.2) is 54.6 Å². The maximum absolute atomic E-state index is 12.8. The number of benzene rings is 2. The molecule has 2 rings (SSSR count). The summed E-state index contributed by atoms with van der Waals surface area (Å²) >= 11 is 0. The Morgan fingerprint density at radius 1 is 1.00 bits per heavy atom. The zero-order valence-corrected chi connectivity index (χ0v) is 11.6. The van der Waals surface area contributed by atoms with E-state index in [0.717, 1.165) is 11.1 Å². The van der Waals surface area contributed by atoms with Gasteiger partial charge in [-0.25, -0.2) is 4.39 Å². The lowest BCUT2D eigenvalue weighted by Gasteiger charge is -2.17. The Kier molecular flexibility index (Phi) is 4.88. The number of nitrogens with zero attached hydrogens (tertiary/aromatic N) is 1. The summed E-state index contributed by atoms with van der Waals surface area (Å²) in [4.78, 5) is 13.8. The van der Waals surface area contributed by atoms with E-state index in [2.05, 4.69) is 0 Å². The maximum Gasteiger partial charge on any atom is 0.222 e. The number of hydrogen-bond donors (Lipinski definition) is 0. The van der Waals surface area contributed by atoms with Crippen molar-refractivity contribution in [1.82, 2.24) is 4.90 Å². The normalized spacial score (nSPS) is 10.3. The van der Waals surface area contributed by atoms with Gasteiger partial charge in [0.15, 0.2) is 0 Å². The number of carbonyl (C=O) groups excluding carboxylic acids is 1. The molecular weight excluding hydrogens is 253 g/mol. The molecule has 0 spiro atoms. The van der Waals surface area contributed by atoms with Gasteiger partial charge in [-0.1, -0.05) is 42.5 Å². The van der Waals surface area contributed by atoms with Gasteiger partial charge in [-0.3, -0.25) is 4.79 Å². The fraction of sp³-hybridized carbons (Fsp3) is 0.235. The Bertz CT molecular complexity index is 551. The smallest absolute Gasteiger partial charge is 0.222 e. The lowest BCUT2D eigenvalue weighted by Crippen LogP contribution is -2.26. The summed E-state index contributed by atoms with van der Waals surface area (Å²) in [5.41, 5.74) is 2.10. The van der Waals surface area contributed by atoms with Crippen molar-refractivity contribution in [3.63, 3.8) is 0 Å². The van der Waals surface area contributed by atoms with Crippen LogP contribution in [0.3, 0.4) is 0 Å². The van der Waals surface area contributed by atoms with Crippen molar-refractivity contribution in [2.75, 3.05) is 7.05 Å². The van der Waals surface area contributed by atoms with E-state index in [9.17, 15) is 9.18 Å². The molecule has 1 amide bonds. The van der Waals surface area contributed by atoms with Crippen molar-refractivity contribution in [2.24, 2.45) is 0 Å². The van der Waals surface area contributed by atoms with Crippen molar-refractivity contribution >= 4 is 5.91 Å². The van der Waals surface area contributed by atoms with Crippen LogP contribution in [0, 0.1) is 5.82 Å². The van der Waals surface area contributed by atoms with Crippen molar-refractivity contribution in [3.8, 4) is 0 Å². The maximum atomic E-state index is 12.8. The fourth-order valence-corrected chi connectivity index (χ4v) is 2.04. The molecule has 0 N–H and O–H groups in total. The van der Waals surface area contributed by atoms with E-state index in [0.29, 0.717) is 19.4 Å². The van der Waals surface area contributed by atoms with E-state index in [1.807, 2.05) is 30.3 Å². The Labute approximate surface area is 118 Å². The zero-order valence-electron chi connectivity index (χ0n) is 11.6. The molecule has 3 heteroatoms. The third-order valence-corrected chi connectivity index (χ3v) is 3.23. The molecule has 0 aliphatic carbocycles. The third kappa shape index (κ3) is 4.19. The molecule has 0 fully saturated rings. The number of carbonyl (C=O) groups is 1. The molecule has 0 bridgehead atoms. The van der Waals surface area contributed by atoms with Gasteiger partial charge in [-0.2, -0.15) is 0 Å². The Morgan fingerprint density at radius 3 is 2.30 bits per heavy atom. The first-order chi connectivity index (χ1) is 9.65. The summed E-state index contributed by atoms with van der Waals surface area (Å²) in [7, 11) is 1.81. The van der Waals surface area contributed by atoms with Gasteiger partial charge >= 0.3 is 0 Å². The molecule has 0 aliphatic heterocycles. The predicted octanol–water partition coefficient (Wildman–Crippen LogP) is 3.42. The lowest BCUT2D eigenvalue weighted by atomic mass is 10.1. The van der Waals surface area contributed by atoms with Crippen LogP contribution in [0.25, 0.3) is 0 Å². The molecule has 0 atom stereocenters. The molecule has 2 aromatic rings. The second kappa shape index (κ2) is 6.85. The van der Waals surface area contributed by atoms with Gasteiger partial charge in [0, 0.05) is 20.0 Å². The third-order valence-electron chi connectivity index (χ3n) is 3.23. The molecule has 0 aromatic heterocycles. The number of aryl methyl sites for hydroxylation is 1. The minimum absolute atomic E-state index is 0.0955. The highest BCUT2D eigenvalue weighted by atomic mass is 19.1.